The lowest BCUT2D eigenvalue weighted by Crippen LogP contribution is -2.30. The Morgan fingerprint density at radius 1 is 0.800 bits per heavy atom. The summed E-state index contributed by atoms with van der Waals surface area (Å²) < 4.78 is 0. The normalized spacial score (nSPS) is 12.7. The van der Waals surface area contributed by atoms with E-state index in [2.05, 4.69) is 10.6 Å². The molecule has 1 aliphatic rings. The Balaban J connectivity index is 1.31. The van der Waals surface area contributed by atoms with Crippen LogP contribution in [0.25, 0.3) is 6.08 Å². The average molecular weight is 548 g/mol. The van der Waals surface area contributed by atoms with Crippen molar-refractivity contribution in [1.82, 2.24) is 10.2 Å². The molecule has 0 saturated carbocycles. The number of anilines is 1. The number of aryl methyl sites for hydroxylation is 1. The van der Waals surface area contributed by atoms with E-state index < -0.39 is 11.8 Å². The zero-order chi connectivity index (χ0) is 28.1. The number of hydrogen-bond acceptors (Lipinski definition) is 5. The highest BCUT2D eigenvalue weighted by molar-refractivity contribution is 7.99. The van der Waals surface area contributed by atoms with Crippen molar-refractivity contribution in [2.45, 2.75) is 11.8 Å². The van der Waals surface area contributed by atoms with E-state index >= 15 is 0 Å². The summed E-state index contributed by atoms with van der Waals surface area (Å²) in [5.74, 6) is -1.40. The Labute approximate surface area is 235 Å². The number of nitrogens with one attached hydrogen (secondary N) is 2. The number of hydrogen-bond donors (Lipinski definition) is 2. The molecule has 7 nitrogen and oxygen atoms in total. The molecule has 4 aromatic rings. The van der Waals surface area contributed by atoms with Gasteiger partial charge in [-0.05, 0) is 61.0 Å². The summed E-state index contributed by atoms with van der Waals surface area (Å²) in [7, 11) is 0. The molecular formula is C32H25N3O4S. The van der Waals surface area contributed by atoms with E-state index in [-0.39, 0.29) is 23.4 Å². The van der Waals surface area contributed by atoms with Crippen LogP contribution in [0.4, 0.5) is 5.69 Å². The van der Waals surface area contributed by atoms with Crippen LogP contribution in [0.15, 0.2) is 114 Å². The monoisotopic (exact) mass is 547 g/mol. The summed E-state index contributed by atoms with van der Waals surface area (Å²) in [5.41, 5.74) is 3.61. The third-order valence-electron chi connectivity index (χ3n) is 6.21. The topological polar surface area (TPSA) is 95.6 Å². The lowest BCUT2D eigenvalue weighted by molar-refractivity contribution is -0.113. The maximum Gasteiger partial charge on any atom is 0.272 e. The molecule has 2 N–H and O–H groups in total. The Hall–Kier alpha value is -4.95. The molecule has 0 aromatic heterocycles. The van der Waals surface area contributed by atoms with Crippen LogP contribution in [0.2, 0.25) is 0 Å². The summed E-state index contributed by atoms with van der Waals surface area (Å²) >= 11 is 1.31. The van der Waals surface area contributed by atoms with E-state index in [1.54, 1.807) is 72.8 Å². The second-order valence-electron chi connectivity index (χ2n) is 9.13. The van der Waals surface area contributed by atoms with Crippen LogP contribution in [0.3, 0.4) is 0 Å². The number of nitrogens with zero attached hydrogens (tertiary/aromatic N) is 1. The Morgan fingerprint density at radius 2 is 1.48 bits per heavy atom. The molecule has 0 bridgehead atoms. The number of carbonyl (C=O) groups is 4. The first kappa shape index (κ1) is 26.6. The van der Waals surface area contributed by atoms with Gasteiger partial charge in [0, 0.05) is 16.1 Å². The zero-order valence-electron chi connectivity index (χ0n) is 21.6. The molecule has 0 fully saturated rings. The number of fused-ring (bicyclic) bond motifs is 1. The van der Waals surface area contributed by atoms with Crippen molar-refractivity contribution < 1.29 is 19.2 Å². The van der Waals surface area contributed by atoms with Gasteiger partial charge in [0.15, 0.2) is 0 Å². The molecule has 4 amide bonds. The van der Waals surface area contributed by atoms with Gasteiger partial charge in [-0.2, -0.15) is 0 Å². The minimum absolute atomic E-state index is 0.0866. The Bertz CT molecular complexity index is 1610. The number of amides is 4. The molecule has 0 spiro atoms. The second kappa shape index (κ2) is 11.8. The minimum Gasteiger partial charge on any atom is -0.321 e. The van der Waals surface area contributed by atoms with Gasteiger partial charge in [-0.1, -0.05) is 66.2 Å². The summed E-state index contributed by atoms with van der Waals surface area (Å²) in [5, 5.41) is 5.59. The molecule has 1 aliphatic heterocycles. The molecule has 1 heterocycles. The highest BCUT2D eigenvalue weighted by atomic mass is 32.2. The zero-order valence-corrected chi connectivity index (χ0v) is 22.4. The smallest absolute Gasteiger partial charge is 0.272 e. The predicted molar refractivity (Wildman–Crippen MR) is 156 cm³/mol. The Kier molecular flexibility index (Phi) is 7.89. The SMILES string of the molecule is Cc1cccc(/C=C(/NC(=O)c2ccccc2)C(=O)Nc2cccc(SCN3C(=O)c4ccccc4C3=O)c2)c1. The first-order valence-corrected chi connectivity index (χ1v) is 13.5. The van der Waals surface area contributed by atoms with Crippen molar-refractivity contribution in [2.75, 3.05) is 11.2 Å². The molecular weight excluding hydrogens is 522 g/mol. The second-order valence-corrected chi connectivity index (χ2v) is 10.1. The van der Waals surface area contributed by atoms with Crippen molar-refractivity contribution >= 4 is 47.2 Å². The number of benzene rings is 4. The maximum atomic E-state index is 13.4. The van der Waals surface area contributed by atoms with Gasteiger partial charge in [-0.25, -0.2) is 0 Å². The van der Waals surface area contributed by atoms with Gasteiger partial charge in [-0.3, -0.25) is 24.1 Å². The van der Waals surface area contributed by atoms with Gasteiger partial charge in [0.05, 0.1) is 17.0 Å². The van der Waals surface area contributed by atoms with Crippen molar-refractivity contribution in [3.05, 3.63) is 137 Å². The maximum absolute atomic E-state index is 13.4. The Morgan fingerprint density at radius 3 is 2.17 bits per heavy atom. The summed E-state index contributed by atoms with van der Waals surface area (Å²) in [6.45, 7) is 1.95. The predicted octanol–water partition coefficient (Wildman–Crippen LogP) is 5.75. The lowest BCUT2D eigenvalue weighted by atomic mass is 10.1. The van der Waals surface area contributed by atoms with Crippen LogP contribution in [-0.4, -0.2) is 34.4 Å². The van der Waals surface area contributed by atoms with E-state index in [0.717, 1.165) is 16.0 Å². The van der Waals surface area contributed by atoms with Crippen molar-refractivity contribution in [3.63, 3.8) is 0 Å². The van der Waals surface area contributed by atoms with Crippen LogP contribution >= 0.6 is 11.8 Å². The van der Waals surface area contributed by atoms with Gasteiger partial charge in [0.25, 0.3) is 23.6 Å². The molecule has 0 atom stereocenters. The quantitative estimate of drug-likeness (QED) is 0.166. The van der Waals surface area contributed by atoms with Crippen LogP contribution in [0.1, 0.15) is 42.2 Å². The third-order valence-corrected chi connectivity index (χ3v) is 7.19. The first-order chi connectivity index (χ1) is 19.4. The summed E-state index contributed by atoms with van der Waals surface area (Å²) in [4.78, 5) is 53.5. The van der Waals surface area contributed by atoms with Crippen molar-refractivity contribution in [3.8, 4) is 0 Å². The van der Waals surface area contributed by atoms with Crippen LogP contribution in [0.5, 0.6) is 0 Å². The van der Waals surface area contributed by atoms with Crippen molar-refractivity contribution in [1.29, 1.82) is 0 Å². The lowest BCUT2D eigenvalue weighted by Gasteiger charge is -2.14. The fourth-order valence-corrected chi connectivity index (χ4v) is 5.12. The molecule has 198 valence electrons. The van der Waals surface area contributed by atoms with Gasteiger partial charge in [-0.15, -0.1) is 11.8 Å². The molecule has 5 rings (SSSR count). The fourth-order valence-electron chi connectivity index (χ4n) is 4.23. The molecule has 8 heteroatoms. The molecule has 0 aliphatic carbocycles. The number of carbonyl (C=O) groups excluding carboxylic acids is 4. The summed E-state index contributed by atoms with van der Waals surface area (Å²) in [6.07, 6.45) is 1.63. The molecule has 40 heavy (non-hydrogen) atoms. The van der Waals surface area contributed by atoms with Crippen LogP contribution in [-0.2, 0) is 4.79 Å². The van der Waals surface area contributed by atoms with E-state index in [1.807, 2.05) is 43.3 Å². The average Bonchev–Trinajstić information content (AvgIpc) is 3.21. The molecule has 0 saturated heterocycles. The van der Waals surface area contributed by atoms with Gasteiger partial charge >= 0.3 is 0 Å². The van der Waals surface area contributed by atoms with Crippen molar-refractivity contribution in [2.24, 2.45) is 0 Å². The molecule has 4 aromatic carbocycles. The van der Waals surface area contributed by atoms with Gasteiger partial charge in [0.2, 0.25) is 0 Å². The highest BCUT2D eigenvalue weighted by Gasteiger charge is 2.34. The molecule has 0 radical (unpaired) electrons. The molecule has 0 unspecified atom stereocenters. The van der Waals surface area contributed by atoms with Crippen LogP contribution in [0, 0.1) is 6.92 Å². The summed E-state index contributed by atoms with van der Waals surface area (Å²) in [6, 6.07) is 30.1. The standard InChI is InChI=1S/C32H25N3O4S/c1-21-9-7-10-22(17-21)18-28(34-29(36)23-11-3-2-4-12-23)30(37)33-24-13-8-14-25(19-24)40-20-35-31(38)26-15-5-6-16-27(26)32(35)39/h2-19H,20H2,1H3,(H,33,37)(H,34,36)/b28-18+. The highest BCUT2D eigenvalue weighted by Crippen LogP contribution is 2.28. The van der Waals surface area contributed by atoms with E-state index in [9.17, 15) is 19.2 Å². The minimum atomic E-state index is -0.492. The number of rotatable bonds is 8. The van der Waals surface area contributed by atoms with Crippen LogP contribution < -0.4 is 10.6 Å². The van der Waals surface area contributed by atoms with Gasteiger partial charge in [0.1, 0.15) is 5.70 Å². The van der Waals surface area contributed by atoms with E-state index in [0.29, 0.717) is 22.4 Å². The largest absolute Gasteiger partial charge is 0.321 e. The van der Waals surface area contributed by atoms with E-state index in [4.69, 9.17) is 0 Å². The first-order valence-electron chi connectivity index (χ1n) is 12.5. The third kappa shape index (κ3) is 6.03. The van der Waals surface area contributed by atoms with Gasteiger partial charge < -0.3 is 10.6 Å². The van der Waals surface area contributed by atoms with E-state index in [1.165, 1.54) is 16.7 Å². The fraction of sp³-hybridized carbons (Fsp3) is 0.0625. The number of imide groups is 1. The number of thioether (sulfide) groups is 1.